The van der Waals surface area contributed by atoms with Gasteiger partial charge >= 0.3 is 0 Å². The number of nitrogens with one attached hydrogen (secondary N) is 1. The van der Waals surface area contributed by atoms with Crippen molar-refractivity contribution in [2.24, 2.45) is 0 Å². The van der Waals surface area contributed by atoms with E-state index in [0.29, 0.717) is 0 Å². The van der Waals surface area contributed by atoms with Crippen LogP contribution >= 0.6 is 0 Å². The van der Waals surface area contributed by atoms with Crippen molar-refractivity contribution in [2.45, 2.75) is 0 Å². The zero-order chi connectivity index (χ0) is 29.0. The summed E-state index contributed by atoms with van der Waals surface area (Å²) in [5.41, 5.74) is 12.3. The average molecular weight is 562 g/mol. The minimum absolute atomic E-state index is 0.963. The van der Waals surface area contributed by atoms with E-state index in [0.717, 1.165) is 44.8 Å². The lowest BCUT2D eigenvalue weighted by molar-refractivity contribution is 1.18. The average Bonchev–Trinajstić information content (AvgIpc) is 3.65. The Labute approximate surface area is 254 Å². The molecule has 0 aliphatic heterocycles. The first-order valence-corrected chi connectivity index (χ1v) is 15.0. The first kappa shape index (κ1) is 24.6. The van der Waals surface area contributed by atoms with Crippen LogP contribution in [0.3, 0.4) is 0 Å². The predicted octanol–water partition coefficient (Wildman–Crippen LogP) is 10.8. The van der Waals surface area contributed by atoms with Gasteiger partial charge in [0, 0.05) is 43.9 Å². The third kappa shape index (κ3) is 3.87. The fourth-order valence-electron chi connectivity index (χ4n) is 6.69. The summed E-state index contributed by atoms with van der Waals surface area (Å²) in [5, 5.41) is 5.00. The molecule has 0 saturated carbocycles. The number of para-hydroxylation sites is 2. The summed E-state index contributed by atoms with van der Waals surface area (Å²) in [7, 11) is 0. The molecule has 44 heavy (non-hydrogen) atoms. The van der Waals surface area contributed by atoms with Gasteiger partial charge < -0.3 is 9.55 Å². The van der Waals surface area contributed by atoms with Gasteiger partial charge in [-0.3, -0.25) is 0 Å². The largest absolute Gasteiger partial charge is 0.354 e. The number of H-pyrrole nitrogens is 1. The summed E-state index contributed by atoms with van der Waals surface area (Å²) in [6, 6.07) is 56.0. The summed E-state index contributed by atoms with van der Waals surface area (Å²) >= 11 is 0. The van der Waals surface area contributed by atoms with Gasteiger partial charge in [-0.15, -0.1) is 0 Å². The quantitative estimate of drug-likeness (QED) is 0.228. The zero-order valence-corrected chi connectivity index (χ0v) is 23.9. The summed E-state index contributed by atoms with van der Waals surface area (Å²) in [5.74, 6) is 0. The van der Waals surface area contributed by atoms with Crippen molar-refractivity contribution in [3.8, 4) is 39.3 Å². The molecule has 0 bridgehead atoms. The molecule has 0 radical (unpaired) electrons. The zero-order valence-electron chi connectivity index (χ0n) is 23.9. The van der Waals surface area contributed by atoms with Crippen LogP contribution in [0.1, 0.15) is 0 Å². The highest BCUT2D eigenvalue weighted by molar-refractivity contribution is 6.25. The minimum Gasteiger partial charge on any atom is -0.354 e. The van der Waals surface area contributed by atoms with Crippen molar-refractivity contribution in [3.05, 3.63) is 158 Å². The molecule has 3 heterocycles. The highest BCUT2D eigenvalue weighted by Gasteiger charge is 2.17. The predicted molar refractivity (Wildman–Crippen MR) is 184 cm³/mol. The van der Waals surface area contributed by atoms with Gasteiger partial charge in [-0.2, -0.15) is 0 Å². The summed E-state index contributed by atoms with van der Waals surface area (Å²) < 4.78 is 2.40. The second-order valence-corrected chi connectivity index (χ2v) is 11.3. The van der Waals surface area contributed by atoms with Crippen LogP contribution in [0.25, 0.3) is 82.9 Å². The Hall–Kier alpha value is -5.93. The van der Waals surface area contributed by atoms with Crippen molar-refractivity contribution >= 4 is 43.6 Å². The van der Waals surface area contributed by atoms with Gasteiger partial charge in [0.1, 0.15) is 0 Å². The van der Waals surface area contributed by atoms with Crippen LogP contribution in [0, 0.1) is 0 Å². The molecule has 206 valence electrons. The SMILES string of the molecule is c1ccc(-c2cc(-c3cccc(-n4c5ccccc5c5c6[nH]c7ccccc7c6ccc54)c3)cc(-c3ccccc3)n2)cc1. The number of hydrogen-bond donors (Lipinski definition) is 1. The molecule has 0 fully saturated rings. The molecular formula is C41H27N3. The van der Waals surface area contributed by atoms with Gasteiger partial charge in [0.2, 0.25) is 0 Å². The highest BCUT2D eigenvalue weighted by Crippen LogP contribution is 2.39. The van der Waals surface area contributed by atoms with Crippen molar-refractivity contribution in [2.75, 3.05) is 0 Å². The highest BCUT2D eigenvalue weighted by atomic mass is 15.0. The molecule has 6 aromatic carbocycles. The van der Waals surface area contributed by atoms with Crippen LogP contribution in [0.15, 0.2) is 158 Å². The Morgan fingerprint density at radius 2 is 1.07 bits per heavy atom. The second-order valence-electron chi connectivity index (χ2n) is 11.3. The van der Waals surface area contributed by atoms with Gasteiger partial charge in [0.05, 0.1) is 27.9 Å². The minimum atomic E-state index is 0.963. The first-order chi connectivity index (χ1) is 21.8. The lowest BCUT2D eigenvalue weighted by Gasteiger charge is -2.13. The number of fused-ring (bicyclic) bond motifs is 7. The number of rotatable bonds is 4. The monoisotopic (exact) mass is 561 g/mol. The lowest BCUT2D eigenvalue weighted by atomic mass is 9.99. The fraction of sp³-hybridized carbons (Fsp3) is 0. The van der Waals surface area contributed by atoms with Gasteiger partial charge in [-0.25, -0.2) is 4.98 Å². The normalized spacial score (nSPS) is 11.6. The maximum Gasteiger partial charge on any atom is 0.0715 e. The van der Waals surface area contributed by atoms with Gasteiger partial charge in [0.15, 0.2) is 0 Å². The topological polar surface area (TPSA) is 33.6 Å². The van der Waals surface area contributed by atoms with Crippen molar-refractivity contribution in [1.29, 1.82) is 0 Å². The van der Waals surface area contributed by atoms with E-state index < -0.39 is 0 Å². The molecule has 0 aliphatic carbocycles. The smallest absolute Gasteiger partial charge is 0.0715 e. The van der Waals surface area contributed by atoms with E-state index in [4.69, 9.17) is 4.98 Å². The van der Waals surface area contributed by atoms with Crippen LogP contribution in [-0.2, 0) is 0 Å². The summed E-state index contributed by atoms with van der Waals surface area (Å²) in [4.78, 5) is 8.83. The summed E-state index contributed by atoms with van der Waals surface area (Å²) in [6.07, 6.45) is 0. The van der Waals surface area contributed by atoms with E-state index in [-0.39, 0.29) is 0 Å². The summed E-state index contributed by atoms with van der Waals surface area (Å²) in [6.45, 7) is 0. The van der Waals surface area contributed by atoms with E-state index in [1.54, 1.807) is 0 Å². The van der Waals surface area contributed by atoms with Crippen LogP contribution in [0.5, 0.6) is 0 Å². The standard InChI is InChI=1S/C41H27N3/c1-3-12-27(13-4-1)36-25-30(26-37(42-36)28-14-5-2-6-15-28)29-16-11-17-31(24-29)44-38-21-10-8-19-34(38)40-39(44)23-22-33-32-18-7-9-20-35(32)43-41(33)40/h1-26,43H. The number of pyridine rings is 1. The molecule has 9 aromatic rings. The van der Waals surface area contributed by atoms with Crippen molar-refractivity contribution in [3.63, 3.8) is 0 Å². The van der Waals surface area contributed by atoms with Crippen LogP contribution in [0.4, 0.5) is 0 Å². The Kier molecular flexibility index (Phi) is 5.50. The van der Waals surface area contributed by atoms with E-state index >= 15 is 0 Å². The lowest BCUT2D eigenvalue weighted by Crippen LogP contribution is -1.95. The molecule has 3 nitrogen and oxygen atoms in total. The van der Waals surface area contributed by atoms with Crippen LogP contribution in [0.2, 0.25) is 0 Å². The Morgan fingerprint density at radius 3 is 1.82 bits per heavy atom. The second kappa shape index (κ2) is 9.82. The molecular weight excluding hydrogens is 534 g/mol. The molecule has 0 unspecified atom stereocenters. The number of nitrogens with zero attached hydrogens (tertiary/aromatic N) is 2. The molecule has 1 N–H and O–H groups in total. The van der Waals surface area contributed by atoms with E-state index in [1.807, 2.05) is 12.1 Å². The Morgan fingerprint density at radius 1 is 0.432 bits per heavy atom. The molecule has 0 saturated heterocycles. The fourth-order valence-corrected chi connectivity index (χ4v) is 6.69. The molecule has 0 spiro atoms. The number of aromatic amines is 1. The van der Waals surface area contributed by atoms with Gasteiger partial charge in [-0.1, -0.05) is 115 Å². The van der Waals surface area contributed by atoms with Crippen molar-refractivity contribution in [1.82, 2.24) is 14.5 Å². The van der Waals surface area contributed by atoms with Crippen LogP contribution in [-0.4, -0.2) is 14.5 Å². The van der Waals surface area contributed by atoms with E-state index in [9.17, 15) is 0 Å². The Bertz CT molecular complexity index is 2430. The number of benzene rings is 6. The maximum atomic E-state index is 5.09. The molecule has 3 heteroatoms. The van der Waals surface area contributed by atoms with Gasteiger partial charge in [-0.05, 0) is 53.6 Å². The van der Waals surface area contributed by atoms with E-state index in [2.05, 4.69) is 155 Å². The molecule has 0 atom stereocenters. The number of aromatic nitrogens is 3. The van der Waals surface area contributed by atoms with E-state index in [1.165, 1.54) is 38.1 Å². The number of hydrogen-bond acceptors (Lipinski definition) is 1. The molecule has 0 aliphatic rings. The third-order valence-electron chi connectivity index (χ3n) is 8.72. The van der Waals surface area contributed by atoms with Crippen molar-refractivity contribution < 1.29 is 0 Å². The first-order valence-electron chi connectivity index (χ1n) is 15.0. The molecule has 9 rings (SSSR count). The molecule has 0 amide bonds. The van der Waals surface area contributed by atoms with Crippen LogP contribution < -0.4 is 0 Å². The van der Waals surface area contributed by atoms with Gasteiger partial charge in [0.25, 0.3) is 0 Å². The maximum absolute atomic E-state index is 5.09. The third-order valence-corrected chi connectivity index (χ3v) is 8.72. The molecule has 3 aromatic heterocycles. The Balaban J connectivity index is 1.27.